The molecule has 0 unspecified atom stereocenters. The fraction of sp³-hybridized carbons (Fsp3) is 0.367. The number of pyridine rings is 2. The van der Waals surface area contributed by atoms with Crippen LogP contribution in [0.3, 0.4) is 0 Å². The monoisotopic (exact) mass is 664 g/mol. The summed E-state index contributed by atoms with van der Waals surface area (Å²) in [6.07, 6.45) is 1.83. The second-order valence-corrected chi connectivity index (χ2v) is 11.3. The third kappa shape index (κ3) is 8.10. The number of nitriles is 1. The van der Waals surface area contributed by atoms with Gasteiger partial charge in [0.15, 0.2) is 5.82 Å². The van der Waals surface area contributed by atoms with E-state index in [4.69, 9.17) is 10.1 Å². The number of hydrogen-bond donors (Lipinski definition) is 1. The van der Waals surface area contributed by atoms with Gasteiger partial charge in [0.2, 0.25) is 11.6 Å². The minimum atomic E-state index is -4.52. The van der Waals surface area contributed by atoms with Gasteiger partial charge in [-0.1, -0.05) is 0 Å². The van der Waals surface area contributed by atoms with Crippen LogP contribution in [0.1, 0.15) is 24.8 Å². The molecule has 48 heavy (non-hydrogen) atoms. The summed E-state index contributed by atoms with van der Waals surface area (Å²) in [6.45, 7) is 0.487. The Morgan fingerprint density at radius 2 is 1.98 bits per heavy atom. The van der Waals surface area contributed by atoms with Gasteiger partial charge in [0.1, 0.15) is 35.2 Å². The number of carbonyl (C=O) groups excluding carboxylic acids is 1. The quantitative estimate of drug-likeness (QED) is 0.167. The third-order valence-corrected chi connectivity index (χ3v) is 7.11. The topological polar surface area (TPSA) is 158 Å². The highest BCUT2D eigenvalue weighted by atomic mass is 19.4. The Kier molecular flexibility index (Phi) is 9.96. The van der Waals surface area contributed by atoms with E-state index in [1.807, 2.05) is 49.8 Å². The van der Waals surface area contributed by atoms with Gasteiger partial charge in [-0.3, -0.25) is 14.0 Å². The summed E-state index contributed by atoms with van der Waals surface area (Å²) in [5.74, 6) is -0.0404. The molecular formula is C30H33F3N13O2+. The van der Waals surface area contributed by atoms with Crippen LogP contribution >= 0.6 is 0 Å². The van der Waals surface area contributed by atoms with Crippen molar-refractivity contribution in [3.05, 3.63) is 60.7 Å². The van der Waals surface area contributed by atoms with Crippen LogP contribution in [-0.4, -0.2) is 119 Å². The number of imidazole rings is 1. The Morgan fingerprint density at radius 3 is 2.71 bits per heavy atom. The third-order valence-electron chi connectivity index (χ3n) is 7.11. The molecule has 18 heteroatoms. The van der Waals surface area contributed by atoms with E-state index in [1.54, 1.807) is 47.4 Å². The lowest BCUT2D eigenvalue weighted by molar-refractivity contribution is -0.480. The van der Waals surface area contributed by atoms with Gasteiger partial charge in [-0.2, -0.15) is 18.4 Å². The first kappa shape index (κ1) is 33.5. The fourth-order valence-electron chi connectivity index (χ4n) is 5.04. The first-order chi connectivity index (χ1) is 22.9. The number of nitrogens with one attached hydrogen (secondary N) is 1. The minimum Gasteiger partial charge on any atom is -0.365 e. The maximum absolute atomic E-state index is 12.5. The summed E-state index contributed by atoms with van der Waals surface area (Å²) in [7, 11) is 7.56. The number of halogens is 3. The van der Waals surface area contributed by atoms with Crippen molar-refractivity contribution in [1.82, 2.24) is 49.3 Å². The largest absolute Gasteiger partial charge is 0.472 e. The Labute approximate surface area is 272 Å². The van der Waals surface area contributed by atoms with Gasteiger partial charge < -0.3 is 10.2 Å². The molecule has 5 aromatic heterocycles. The Balaban J connectivity index is 0.000000224. The molecule has 6 rings (SSSR count). The van der Waals surface area contributed by atoms with Crippen molar-refractivity contribution in [2.24, 2.45) is 0 Å². The second kappa shape index (κ2) is 14.3. The minimum absolute atomic E-state index is 0.176. The number of aromatic nitrogens is 8. The fourth-order valence-corrected chi connectivity index (χ4v) is 5.04. The highest BCUT2D eigenvalue weighted by molar-refractivity contribution is 5.77. The number of piperidine rings is 1. The molecule has 1 N–H and O–H groups in total. The number of carbonyl (C=O) groups is 1. The zero-order chi connectivity index (χ0) is 34.4. The van der Waals surface area contributed by atoms with Crippen LogP contribution in [0.25, 0.3) is 28.3 Å². The van der Waals surface area contributed by atoms with Gasteiger partial charge in [0, 0.05) is 37.7 Å². The van der Waals surface area contributed by atoms with E-state index < -0.39 is 18.5 Å². The second-order valence-electron chi connectivity index (χ2n) is 11.3. The van der Waals surface area contributed by atoms with E-state index in [2.05, 4.69) is 41.6 Å². The standard InChI is InChI=1S/C20H18F3N7O.C10H15N6O/c21-20(22,23)8-18(31)29-7-1-2-14(12-29)27-16-5-6-25-19(28-16)15-10-26-17-4-3-13(9-24)11-30(15)17;1-14(2)10(15(3)4)17-16-9-8(12-13-16)6-5-7-11-9/h3-6,10-11,14H,1-2,7-8,12H2,(H,25,27,28);5-7H,1-4H3/q;+1/t14-;/m1./s1. The first-order valence-corrected chi connectivity index (χ1v) is 14.8. The molecule has 1 fully saturated rings. The van der Waals surface area contributed by atoms with Crippen molar-refractivity contribution in [1.29, 1.82) is 5.26 Å². The maximum Gasteiger partial charge on any atom is 0.472 e. The zero-order valence-corrected chi connectivity index (χ0v) is 26.6. The molecule has 1 atom stereocenters. The average Bonchev–Trinajstić information content (AvgIpc) is 3.67. The van der Waals surface area contributed by atoms with Gasteiger partial charge in [-0.05, 0) is 53.2 Å². The molecule has 1 aliphatic heterocycles. The van der Waals surface area contributed by atoms with Crippen LogP contribution in [0.5, 0.6) is 0 Å². The lowest BCUT2D eigenvalue weighted by Crippen LogP contribution is -2.46. The molecule has 0 bridgehead atoms. The smallest absolute Gasteiger partial charge is 0.365 e. The van der Waals surface area contributed by atoms with Crippen LogP contribution < -0.4 is 10.2 Å². The molecule has 0 saturated carbocycles. The Bertz CT molecular complexity index is 1980. The highest BCUT2D eigenvalue weighted by Crippen LogP contribution is 2.24. The molecule has 1 saturated heterocycles. The summed E-state index contributed by atoms with van der Waals surface area (Å²) < 4.78 is 41.2. The van der Waals surface area contributed by atoms with Crippen LogP contribution in [0.4, 0.5) is 19.0 Å². The molecule has 6 heterocycles. The molecule has 0 aliphatic carbocycles. The molecule has 1 amide bonds. The van der Waals surface area contributed by atoms with Crippen molar-refractivity contribution in [3.8, 4) is 17.6 Å². The number of likely N-dealkylation sites (tertiary alicyclic amines) is 1. The van der Waals surface area contributed by atoms with E-state index in [-0.39, 0.29) is 12.6 Å². The average molecular weight is 665 g/mol. The van der Waals surface area contributed by atoms with E-state index in [0.717, 1.165) is 0 Å². The molecule has 1 aliphatic rings. The van der Waals surface area contributed by atoms with Gasteiger partial charge in [-0.25, -0.2) is 29.4 Å². The van der Waals surface area contributed by atoms with E-state index in [0.29, 0.717) is 65.1 Å². The van der Waals surface area contributed by atoms with Crippen LogP contribution in [-0.2, 0) is 4.79 Å². The predicted octanol–water partition coefficient (Wildman–Crippen LogP) is 2.46. The van der Waals surface area contributed by atoms with Crippen molar-refractivity contribution < 1.29 is 27.4 Å². The molecule has 0 radical (unpaired) electrons. The highest BCUT2D eigenvalue weighted by Gasteiger charge is 2.35. The SMILES string of the molecule is CN(C)C(On1nnc2cccnc21)=[N+](C)C.N#Cc1ccc2ncc(-c3nccc(N[C@@H]4CCCN(C(=O)CC(F)(F)F)C4)n3)n2c1. The van der Waals surface area contributed by atoms with Crippen molar-refractivity contribution in [2.75, 3.05) is 46.6 Å². The van der Waals surface area contributed by atoms with E-state index in [9.17, 15) is 18.0 Å². The lowest BCUT2D eigenvalue weighted by atomic mass is 10.1. The van der Waals surface area contributed by atoms with Crippen LogP contribution in [0.15, 0.2) is 55.1 Å². The number of fused-ring (bicyclic) bond motifs is 2. The first-order valence-electron chi connectivity index (χ1n) is 14.8. The van der Waals surface area contributed by atoms with Gasteiger partial charge >= 0.3 is 12.2 Å². The number of amides is 1. The van der Waals surface area contributed by atoms with Gasteiger partial charge in [-0.15, -0.1) is 5.10 Å². The summed E-state index contributed by atoms with van der Waals surface area (Å²) in [5.41, 5.74) is 2.99. The maximum atomic E-state index is 12.5. The summed E-state index contributed by atoms with van der Waals surface area (Å²) >= 11 is 0. The van der Waals surface area contributed by atoms with Crippen molar-refractivity contribution >= 4 is 34.6 Å². The molecule has 0 spiro atoms. The van der Waals surface area contributed by atoms with Crippen molar-refractivity contribution in [2.45, 2.75) is 31.5 Å². The lowest BCUT2D eigenvalue weighted by Gasteiger charge is -2.33. The predicted molar refractivity (Wildman–Crippen MR) is 168 cm³/mol. The molecule has 15 nitrogen and oxygen atoms in total. The van der Waals surface area contributed by atoms with Gasteiger partial charge in [0.25, 0.3) is 0 Å². The van der Waals surface area contributed by atoms with Crippen LogP contribution in [0, 0.1) is 11.3 Å². The van der Waals surface area contributed by atoms with Crippen LogP contribution in [0.2, 0.25) is 0 Å². The molecular weight excluding hydrogens is 631 g/mol. The molecule has 0 aromatic carbocycles. The Morgan fingerprint density at radius 1 is 1.17 bits per heavy atom. The van der Waals surface area contributed by atoms with Crippen molar-refractivity contribution in [3.63, 3.8) is 0 Å². The Hall–Kier alpha value is -5.86. The summed E-state index contributed by atoms with van der Waals surface area (Å²) in [6, 6.07) is 11.2. The number of rotatable bonds is 5. The number of alkyl halides is 3. The number of anilines is 1. The number of nitrogens with zero attached hydrogens (tertiary/aromatic N) is 12. The number of hydrogen-bond acceptors (Lipinski definition) is 10. The van der Waals surface area contributed by atoms with Gasteiger partial charge in [0.05, 0.1) is 40.0 Å². The summed E-state index contributed by atoms with van der Waals surface area (Å²) in [5, 5.41) is 20.2. The normalized spacial score (nSPS) is 14.5. The molecule has 250 valence electrons. The summed E-state index contributed by atoms with van der Waals surface area (Å²) in [4.78, 5) is 39.2. The number of amidine groups is 1. The zero-order valence-electron chi connectivity index (χ0n) is 26.6. The molecule has 5 aromatic rings. The van der Waals surface area contributed by atoms with E-state index >= 15 is 0 Å². The van der Waals surface area contributed by atoms with E-state index in [1.165, 1.54) is 9.75 Å².